The van der Waals surface area contributed by atoms with Crippen LogP contribution in [0.4, 0.5) is 16.2 Å². The first-order chi connectivity index (χ1) is 15.4. The molecule has 0 aliphatic carbocycles. The van der Waals surface area contributed by atoms with Gasteiger partial charge in [0.15, 0.2) is 16.4 Å². The summed E-state index contributed by atoms with van der Waals surface area (Å²) in [5, 5.41) is 5.02. The van der Waals surface area contributed by atoms with Crippen LogP contribution in [0.1, 0.15) is 24.2 Å². The van der Waals surface area contributed by atoms with Crippen molar-refractivity contribution in [1.82, 2.24) is 29.3 Å². The molecule has 1 unspecified atom stereocenters. The summed E-state index contributed by atoms with van der Waals surface area (Å²) >= 11 is 1.33. The summed E-state index contributed by atoms with van der Waals surface area (Å²) in [6, 6.07) is 3.89. The number of fused-ring (bicyclic) bond motifs is 2. The Labute approximate surface area is 184 Å². The second-order valence-electron chi connectivity index (χ2n) is 7.11. The van der Waals surface area contributed by atoms with Crippen molar-refractivity contribution >= 4 is 45.3 Å². The molecule has 4 N–H and O–H groups in total. The van der Waals surface area contributed by atoms with Crippen LogP contribution in [-0.2, 0) is 0 Å². The van der Waals surface area contributed by atoms with E-state index in [1.54, 1.807) is 17.6 Å². The van der Waals surface area contributed by atoms with Gasteiger partial charge in [-0.3, -0.25) is 9.20 Å². The summed E-state index contributed by atoms with van der Waals surface area (Å²) in [4.78, 5) is 34.1. The van der Waals surface area contributed by atoms with Gasteiger partial charge in [0.1, 0.15) is 11.3 Å². The first-order valence-electron chi connectivity index (χ1n) is 9.61. The third-order valence-corrected chi connectivity index (χ3v) is 5.76. The molecule has 0 spiro atoms. The molecule has 1 aromatic carbocycles. The molecule has 11 heteroatoms. The molecule has 1 atom stereocenters. The first kappa shape index (κ1) is 19.8. The van der Waals surface area contributed by atoms with Crippen LogP contribution in [0, 0.1) is 5.82 Å². The number of thiazole rings is 1. The maximum absolute atomic E-state index is 14.3. The monoisotopic (exact) mass is 448 g/mol. The van der Waals surface area contributed by atoms with E-state index in [4.69, 9.17) is 10.7 Å². The molecule has 32 heavy (non-hydrogen) atoms. The molecule has 9 nitrogen and oxygen atoms in total. The number of rotatable bonds is 5. The summed E-state index contributed by atoms with van der Waals surface area (Å²) in [5.41, 5.74) is 8.21. The minimum absolute atomic E-state index is 0.0574. The van der Waals surface area contributed by atoms with E-state index in [2.05, 4.69) is 31.8 Å². The van der Waals surface area contributed by atoms with E-state index in [-0.39, 0.29) is 17.1 Å². The van der Waals surface area contributed by atoms with Gasteiger partial charge in [0.05, 0.1) is 23.6 Å². The lowest BCUT2D eigenvalue weighted by Crippen LogP contribution is -2.22. The molecule has 0 aliphatic rings. The number of halogens is 1. The Morgan fingerprint density at radius 1 is 1.31 bits per heavy atom. The summed E-state index contributed by atoms with van der Waals surface area (Å²) in [7, 11) is 0. The molecule has 0 aliphatic heterocycles. The number of H-pyrrole nitrogens is 1. The van der Waals surface area contributed by atoms with Crippen LogP contribution in [0.2, 0.25) is 0 Å². The molecule has 4 heterocycles. The number of imidazole rings is 1. The van der Waals surface area contributed by atoms with E-state index in [9.17, 15) is 9.18 Å². The maximum Gasteiger partial charge on any atom is 0.266 e. The summed E-state index contributed by atoms with van der Waals surface area (Å²) in [6.45, 7) is 5.54. The van der Waals surface area contributed by atoms with E-state index in [1.165, 1.54) is 40.3 Å². The number of benzene rings is 1. The predicted octanol–water partition coefficient (Wildman–Crippen LogP) is 3.63. The maximum atomic E-state index is 14.3. The van der Waals surface area contributed by atoms with Crippen LogP contribution >= 0.6 is 11.3 Å². The molecular formula is C21H17FN8OS. The highest BCUT2D eigenvalue weighted by molar-refractivity contribution is 7.15. The van der Waals surface area contributed by atoms with E-state index >= 15 is 0 Å². The van der Waals surface area contributed by atoms with Gasteiger partial charge in [0, 0.05) is 11.6 Å². The fraction of sp³-hybridized carbons (Fsp3) is 0.0952. The van der Waals surface area contributed by atoms with Gasteiger partial charge >= 0.3 is 0 Å². The quantitative estimate of drug-likeness (QED) is 0.375. The Hall–Kier alpha value is -4.12. The lowest BCUT2D eigenvalue weighted by Gasteiger charge is -2.18. The van der Waals surface area contributed by atoms with Crippen molar-refractivity contribution in [1.29, 1.82) is 0 Å². The van der Waals surface area contributed by atoms with Crippen LogP contribution in [0.15, 0.2) is 47.5 Å². The normalized spacial score (nSPS) is 12.3. The SMILES string of the molecule is C=Cc1cc(F)cc(-c2c(C(C)Nc3nc(N)nc4nc[nH]c34)nc3sccn3c2=O)c1. The van der Waals surface area contributed by atoms with Gasteiger partial charge in [-0.15, -0.1) is 11.3 Å². The minimum Gasteiger partial charge on any atom is -0.368 e. The van der Waals surface area contributed by atoms with Gasteiger partial charge in [0.25, 0.3) is 5.56 Å². The fourth-order valence-corrected chi connectivity index (χ4v) is 4.30. The number of nitrogens with two attached hydrogens (primary N) is 1. The minimum atomic E-state index is -0.485. The lowest BCUT2D eigenvalue weighted by atomic mass is 9.99. The number of aromatic amines is 1. The highest BCUT2D eigenvalue weighted by atomic mass is 32.1. The molecule has 5 rings (SSSR count). The van der Waals surface area contributed by atoms with Gasteiger partial charge in [-0.05, 0) is 36.2 Å². The number of hydrogen-bond donors (Lipinski definition) is 3. The molecule has 0 saturated carbocycles. The summed E-state index contributed by atoms with van der Waals surface area (Å²) in [5.74, 6) is 0.00573. The van der Waals surface area contributed by atoms with Crippen LogP contribution in [0.25, 0.3) is 33.3 Å². The molecule has 0 amide bonds. The molecule has 0 saturated heterocycles. The van der Waals surface area contributed by atoms with E-state index in [0.29, 0.717) is 38.8 Å². The van der Waals surface area contributed by atoms with Crippen LogP contribution in [0.3, 0.4) is 0 Å². The Kier molecular flexibility index (Phi) is 4.67. The highest BCUT2D eigenvalue weighted by Gasteiger charge is 2.22. The number of nitrogen functional groups attached to an aromatic ring is 1. The van der Waals surface area contributed by atoms with Gasteiger partial charge in [-0.1, -0.05) is 12.7 Å². The average molecular weight is 448 g/mol. The van der Waals surface area contributed by atoms with Crippen LogP contribution < -0.4 is 16.6 Å². The zero-order valence-electron chi connectivity index (χ0n) is 16.8. The summed E-state index contributed by atoms with van der Waals surface area (Å²) < 4.78 is 15.8. The molecular weight excluding hydrogens is 431 g/mol. The first-order valence-corrected chi connectivity index (χ1v) is 10.5. The van der Waals surface area contributed by atoms with Crippen molar-refractivity contribution in [2.24, 2.45) is 0 Å². The second-order valence-corrected chi connectivity index (χ2v) is 7.98. The lowest BCUT2D eigenvalue weighted by molar-refractivity contribution is 0.628. The topological polar surface area (TPSA) is 127 Å². The molecule has 4 aromatic heterocycles. The number of nitrogens with zero attached hydrogens (tertiary/aromatic N) is 5. The van der Waals surface area contributed by atoms with Crippen molar-refractivity contribution in [3.05, 3.63) is 70.1 Å². The van der Waals surface area contributed by atoms with E-state index in [0.717, 1.165) is 0 Å². The molecule has 0 radical (unpaired) electrons. The number of aromatic nitrogens is 6. The predicted molar refractivity (Wildman–Crippen MR) is 123 cm³/mol. The van der Waals surface area contributed by atoms with E-state index in [1.807, 2.05) is 6.92 Å². The van der Waals surface area contributed by atoms with Crippen molar-refractivity contribution in [3.8, 4) is 11.1 Å². The zero-order valence-corrected chi connectivity index (χ0v) is 17.7. The van der Waals surface area contributed by atoms with Crippen molar-refractivity contribution in [2.45, 2.75) is 13.0 Å². The molecule has 160 valence electrons. The number of anilines is 2. The smallest absolute Gasteiger partial charge is 0.266 e. The Balaban J connectivity index is 1.70. The number of nitrogens with one attached hydrogen (secondary N) is 2. The zero-order chi connectivity index (χ0) is 22.4. The van der Waals surface area contributed by atoms with Gasteiger partial charge < -0.3 is 16.0 Å². The Bertz CT molecular complexity index is 1550. The molecule has 0 bridgehead atoms. The molecule has 0 fully saturated rings. The van der Waals surface area contributed by atoms with Gasteiger partial charge in [0.2, 0.25) is 5.95 Å². The number of hydrogen-bond acceptors (Lipinski definition) is 8. The van der Waals surface area contributed by atoms with E-state index < -0.39 is 11.9 Å². The largest absolute Gasteiger partial charge is 0.368 e. The summed E-state index contributed by atoms with van der Waals surface area (Å²) in [6.07, 6.45) is 4.67. The van der Waals surface area contributed by atoms with Crippen molar-refractivity contribution < 1.29 is 4.39 Å². The van der Waals surface area contributed by atoms with Crippen LogP contribution in [0.5, 0.6) is 0 Å². The highest BCUT2D eigenvalue weighted by Crippen LogP contribution is 2.30. The van der Waals surface area contributed by atoms with Crippen molar-refractivity contribution in [2.75, 3.05) is 11.1 Å². The van der Waals surface area contributed by atoms with Crippen LogP contribution in [-0.4, -0.2) is 29.3 Å². The molecule has 5 aromatic rings. The van der Waals surface area contributed by atoms with Gasteiger partial charge in [-0.2, -0.15) is 9.97 Å². The standard InChI is InChI=1S/C21H17FN8OS/c1-3-11-6-12(8-13(22)7-11)14-15(27-21-30(19(14)31)4-5-32-21)10(2)26-18-16-17(25-9-24-16)28-20(23)29-18/h3-10H,1H2,2H3,(H4,23,24,25,26,28,29). The van der Waals surface area contributed by atoms with Crippen molar-refractivity contribution in [3.63, 3.8) is 0 Å². The third-order valence-electron chi connectivity index (χ3n) is 5.01. The average Bonchev–Trinajstić information content (AvgIpc) is 3.42. The Morgan fingerprint density at radius 3 is 2.97 bits per heavy atom. The fourth-order valence-electron chi connectivity index (χ4n) is 3.58. The van der Waals surface area contributed by atoms with Gasteiger partial charge in [-0.25, -0.2) is 14.4 Å². The Morgan fingerprint density at radius 2 is 2.16 bits per heavy atom. The second kappa shape index (κ2) is 7.54. The third kappa shape index (κ3) is 3.28.